The van der Waals surface area contributed by atoms with Gasteiger partial charge < -0.3 is 10.1 Å². The van der Waals surface area contributed by atoms with Gasteiger partial charge in [-0.25, -0.2) is 4.52 Å². The molecule has 100 valence electrons. The quantitative estimate of drug-likeness (QED) is 0.793. The van der Waals surface area contributed by atoms with E-state index in [0.29, 0.717) is 5.56 Å². The van der Waals surface area contributed by atoms with E-state index in [-0.39, 0.29) is 5.91 Å². The van der Waals surface area contributed by atoms with E-state index in [0.717, 1.165) is 17.0 Å². The molecule has 2 heterocycles. The van der Waals surface area contributed by atoms with Gasteiger partial charge in [0, 0.05) is 23.6 Å². The third-order valence-corrected chi connectivity index (χ3v) is 3.01. The molecule has 0 atom stereocenters. The van der Waals surface area contributed by atoms with Gasteiger partial charge >= 0.3 is 0 Å². The number of benzene rings is 1. The van der Waals surface area contributed by atoms with Gasteiger partial charge in [-0.05, 0) is 42.5 Å². The number of pyridine rings is 1. The lowest BCUT2D eigenvalue weighted by Gasteiger charge is -2.06. The van der Waals surface area contributed by atoms with Crippen LogP contribution in [0, 0.1) is 0 Å². The summed E-state index contributed by atoms with van der Waals surface area (Å²) in [5.41, 5.74) is 2.25. The summed E-state index contributed by atoms with van der Waals surface area (Å²) in [6.45, 7) is 0. The highest BCUT2D eigenvalue weighted by Gasteiger charge is 2.06. The number of ether oxygens (including phenoxy) is 1. The van der Waals surface area contributed by atoms with Gasteiger partial charge in [0.25, 0.3) is 5.91 Å². The van der Waals surface area contributed by atoms with Crippen molar-refractivity contribution in [3.05, 3.63) is 60.4 Å². The summed E-state index contributed by atoms with van der Waals surface area (Å²) in [5, 5.41) is 6.96. The van der Waals surface area contributed by atoms with E-state index in [1.165, 1.54) is 0 Å². The highest BCUT2D eigenvalue weighted by atomic mass is 16.5. The average Bonchev–Trinajstić information content (AvgIpc) is 2.95. The van der Waals surface area contributed by atoms with Gasteiger partial charge in [-0.2, -0.15) is 5.10 Å². The molecule has 1 aromatic carbocycles. The molecule has 0 unspecified atom stereocenters. The first kappa shape index (κ1) is 12.2. The number of hydrogen-bond donors (Lipinski definition) is 1. The van der Waals surface area contributed by atoms with Crippen molar-refractivity contribution < 1.29 is 9.53 Å². The molecule has 0 aliphatic carbocycles. The van der Waals surface area contributed by atoms with Gasteiger partial charge in [-0.1, -0.05) is 0 Å². The van der Waals surface area contributed by atoms with Crippen LogP contribution in [-0.2, 0) is 0 Å². The van der Waals surface area contributed by atoms with Gasteiger partial charge in [0.2, 0.25) is 0 Å². The van der Waals surface area contributed by atoms with Gasteiger partial charge in [0.05, 0.1) is 12.6 Å². The maximum Gasteiger partial charge on any atom is 0.255 e. The Morgan fingerprint density at radius 2 is 2.00 bits per heavy atom. The van der Waals surface area contributed by atoms with Crippen molar-refractivity contribution in [3.63, 3.8) is 0 Å². The third kappa shape index (κ3) is 2.33. The van der Waals surface area contributed by atoms with Crippen LogP contribution in [0.5, 0.6) is 5.75 Å². The number of hydrogen-bond acceptors (Lipinski definition) is 3. The Balaban J connectivity index is 1.80. The highest BCUT2D eigenvalue weighted by Crippen LogP contribution is 2.15. The first-order valence-electron chi connectivity index (χ1n) is 6.15. The van der Waals surface area contributed by atoms with Gasteiger partial charge in [-0.15, -0.1) is 0 Å². The van der Waals surface area contributed by atoms with Crippen LogP contribution < -0.4 is 10.1 Å². The van der Waals surface area contributed by atoms with Crippen molar-refractivity contribution in [2.24, 2.45) is 0 Å². The van der Waals surface area contributed by atoms with E-state index in [4.69, 9.17) is 4.74 Å². The maximum absolute atomic E-state index is 12.1. The van der Waals surface area contributed by atoms with Gasteiger partial charge in [-0.3, -0.25) is 4.79 Å². The Bertz CT molecular complexity index is 747. The first-order chi connectivity index (χ1) is 9.76. The van der Waals surface area contributed by atoms with Gasteiger partial charge in [0.1, 0.15) is 5.75 Å². The second kappa shape index (κ2) is 5.05. The molecular weight excluding hydrogens is 254 g/mol. The van der Waals surface area contributed by atoms with E-state index in [2.05, 4.69) is 10.4 Å². The molecular formula is C15H13N3O2. The fraction of sp³-hybridized carbons (Fsp3) is 0.0667. The molecule has 0 spiro atoms. The highest BCUT2D eigenvalue weighted by molar-refractivity contribution is 6.04. The van der Waals surface area contributed by atoms with Crippen molar-refractivity contribution in [1.82, 2.24) is 9.61 Å². The molecule has 0 radical (unpaired) electrons. The van der Waals surface area contributed by atoms with E-state index >= 15 is 0 Å². The molecule has 3 aromatic rings. The molecule has 0 aliphatic heterocycles. The Morgan fingerprint density at radius 3 is 2.75 bits per heavy atom. The lowest BCUT2D eigenvalue weighted by atomic mass is 10.2. The van der Waals surface area contributed by atoms with Crippen LogP contribution in [0.4, 0.5) is 5.69 Å². The molecule has 2 aromatic heterocycles. The second-order valence-electron chi connectivity index (χ2n) is 4.30. The smallest absolute Gasteiger partial charge is 0.255 e. The predicted molar refractivity (Wildman–Crippen MR) is 76.1 cm³/mol. The number of methoxy groups -OCH3 is 1. The number of rotatable bonds is 3. The molecule has 0 saturated heterocycles. The summed E-state index contributed by atoms with van der Waals surface area (Å²) in [4.78, 5) is 12.1. The summed E-state index contributed by atoms with van der Waals surface area (Å²) in [6, 6.07) is 12.5. The lowest BCUT2D eigenvalue weighted by Crippen LogP contribution is -2.11. The molecule has 20 heavy (non-hydrogen) atoms. The zero-order valence-electron chi connectivity index (χ0n) is 10.9. The summed E-state index contributed by atoms with van der Waals surface area (Å²) < 4.78 is 6.80. The number of anilines is 1. The van der Waals surface area contributed by atoms with E-state index in [1.807, 2.05) is 12.1 Å². The van der Waals surface area contributed by atoms with Crippen LogP contribution in [-0.4, -0.2) is 22.6 Å². The van der Waals surface area contributed by atoms with Crippen molar-refractivity contribution in [3.8, 4) is 5.75 Å². The molecule has 1 N–H and O–H groups in total. The molecule has 0 aliphatic rings. The summed E-state index contributed by atoms with van der Waals surface area (Å²) in [5.74, 6) is 0.568. The summed E-state index contributed by atoms with van der Waals surface area (Å²) in [7, 11) is 1.59. The molecule has 0 saturated carbocycles. The van der Waals surface area contributed by atoms with E-state index < -0.39 is 0 Å². The van der Waals surface area contributed by atoms with Crippen LogP contribution in [0.15, 0.2) is 54.9 Å². The van der Waals surface area contributed by atoms with E-state index in [9.17, 15) is 4.79 Å². The monoisotopic (exact) mass is 267 g/mol. The molecule has 0 fully saturated rings. The number of aromatic nitrogens is 2. The van der Waals surface area contributed by atoms with Crippen molar-refractivity contribution in [1.29, 1.82) is 0 Å². The van der Waals surface area contributed by atoms with Crippen LogP contribution in [0.3, 0.4) is 0 Å². The fourth-order valence-corrected chi connectivity index (χ4v) is 1.95. The summed E-state index contributed by atoms with van der Waals surface area (Å²) in [6.07, 6.45) is 3.52. The Kier molecular flexibility index (Phi) is 3.09. The lowest BCUT2D eigenvalue weighted by molar-refractivity contribution is 0.102. The maximum atomic E-state index is 12.1. The fourth-order valence-electron chi connectivity index (χ4n) is 1.95. The standard InChI is InChI=1S/C15H13N3O2/c1-20-14-4-2-11(3-5-14)15(19)17-12-7-9-18-13(10-12)6-8-16-18/h2-10H,1H3,(H,17,19). The second-order valence-corrected chi connectivity index (χ2v) is 4.30. The predicted octanol–water partition coefficient (Wildman–Crippen LogP) is 2.60. The minimum absolute atomic E-state index is 0.156. The zero-order chi connectivity index (χ0) is 13.9. The van der Waals surface area contributed by atoms with Crippen molar-refractivity contribution in [2.45, 2.75) is 0 Å². The SMILES string of the molecule is COc1ccc(C(=O)Nc2ccn3nccc3c2)cc1. The van der Waals surface area contributed by atoms with Crippen LogP contribution in [0.2, 0.25) is 0 Å². The summed E-state index contributed by atoms with van der Waals surface area (Å²) >= 11 is 0. The van der Waals surface area contributed by atoms with Crippen molar-refractivity contribution in [2.75, 3.05) is 12.4 Å². The number of nitrogens with zero attached hydrogens (tertiary/aromatic N) is 2. The van der Waals surface area contributed by atoms with Crippen LogP contribution in [0.1, 0.15) is 10.4 Å². The topological polar surface area (TPSA) is 55.6 Å². The largest absolute Gasteiger partial charge is 0.497 e. The number of nitrogens with one attached hydrogen (secondary N) is 1. The minimum Gasteiger partial charge on any atom is -0.497 e. The zero-order valence-corrected chi connectivity index (χ0v) is 10.9. The Labute approximate surface area is 115 Å². The van der Waals surface area contributed by atoms with Crippen LogP contribution in [0.25, 0.3) is 5.52 Å². The molecule has 0 bridgehead atoms. The normalized spacial score (nSPS) is 10.4. The average molecular weight is 267 g/mol. The first-order valence-corrected chi connectivity index (χ1v) is 6.15. The van der Waals surface area contributed by atoms with Crippen molar-refractivity contribution >= 4 is 17.1 Å². The number of amides is 1. The number of fused-ring (bicyclic) bond motifs is 1. The molecule has 5 nitrogen and oxygen atoms in total. The Morgan fingerprint density at radius 1 is 1.20 bits per heavy atom. The van der Waals surface area contributed by atoms with E-state index in [1.54, 1.807) is 54.4 Å². The molecule has 1 amide bonds. The number of carbonyl (C=O) groups excluding carboxylic acids is 1. The minimum atomic E-state index is -0.156. The Hall–Kier alpha value is -2.82. The third-order valence-electron chi connectivity index (χ3n) is 3.01. The molecule has 3 rings (SSSR count). The van der Waals surface area contributed by atoms with Crippen LogP contribution >= 0.6 is 0 Å². The number of carbonyl (C=O) groups is 1. The molecule has 5 heteroatoms. The van der Waals surface area contributed by atoms with Gasteiger partial charge in [0.15, 0.2) is 0 Å².